The van der Waals surface area contributed by atoms with Gasteiger partial charge in [-0.25, -0.2) is 9.78 Å². The Labute approximate surface area is 147 Å². The molecule has 0 radical (unpaired) electrons. The van der Waals surface area contributed by atoms with Crippen molar-refractivity contribution in [1.29, 1.82) is 0 Å². The fourth-order valence-corrected chi connectivity index (χ4v) is 3.39. The maximum absolute atomic E-state index is 12.3. The van der Waals surface area contributed by atoms with Gasteiger partial charge in [0.1, 0.15) is 4.88 Å². The lowest BCUT2D eigenvalue weighted by atomic mass is 10.2. The number of aryl methyl sites for hydroxylation is 1. The molecule has 0 saturated heterocycles. The van der Waals surface area contributed by atoms with Crippen molar-refractivity contribution < 1.29 is 14.3 Å². The Hall–Kier alpha value is -1.000. The number of aromatic nitrogens is 1. The highest BCUT2D eigenvalue weighted by Gasteiger charge is 2.18. The second kappa shape index (κ2) is 6.84. The molecule has 1 aromatic carbocycles. The number of benzene rings is 1. The van der Waals surface area contributed by atoms with Gasteiger partial charge in [-0.3, -0.25) is 10.1 Å². The van der Waals surface area contributed by atoms with Gasteiger partial charge in [0.25, 0.3) is 5.91 Å². The predicted molar refractivity (Wildman–Crippen MR) is 93.0 cm³/mol. The second-order valence-corrected chi connectivity index (χ2v) is 7.08. The van der Waals surface area contributed by atoms with Crippen LogP contribution < -0.4 is 5.32 Å². The number of amides is 1. The van der Waals surface area contributed by atoms with Gasteiger partial charge < -0.3 is 4.74 Å². The molecule has 0 aliphatic rings. The average molecular weight is 481 g/mol. The van der Waals surface area contributed by atoms with Crippen molar-refractivity contribution in [2.75, 3.05) is 12.4 Å². The molecule has 1 heterocycles. The minimum Gasteiger partial charge on any atom is -0.465 e. The van der Waals surface area contributed by atoms with Crippen LogP contribution >= 0.6 is 49.9 Å². The number of nitrogens with one attached hydrogen (secondary N) is 1. The highest BCUT2D eigenvalue weighted by molar-refractivity contribution is 14.1. The fourth-order valence-electron chi connectivity index (χ4n) is 1.57. The summed E-state index contributed by atoms with van der Waals surface area (Å²) < 4.78 is 6.31. The van der Waals surface area contributed by atoms with Gasteiger partial charge in [0, 0.05) is 8.04 Å². The number of anilines is 1. The number of ether oxygens (including phenoxy) is 1. The molecule has 0 unspecified atom stereocenters. The quantitative estimate of drug-likeness (QED) is 0.535. The summed E-state index contributed by atoms with van der Waals surface area (Å²) in [6.07, 6.45) is 0. The summed E-state index contributed by atoms with van der Waals surface area (Å²) >= 11 is 6.52. The van der Waals surface area contributed by atoms with Gasteiger partial charge in [0.2, 0.25) is 0 Å². The van der Waals surface area contributed by atoms with E-state index in [1.54, 1.807) is 13.0 Å². The first kappa shape index (κ1) is 16.4. The van der Waals surface area contributed by atoms with Gasteiger partial charge in [-0.05, 0) is 47.7 Å². The number of hydrogen-bond acceptors (Lipinski definition) is 5. The molecule has 0 bridgehead atoms. The Bertz CT molecular complexity index is 717. The lowest BCUT2D eigenvalue weighted by Gasteiger charge is -2.04. The maximum atomic E-state index is 12.3. The molecule has 1 N–H and O–H groups in total. The first-order valence-electron chi connectivity index (χ1n) is 5.74. The highest BCUT2D eigenvalue weighted by atomic mass is 127. The molecule has 21 heavy (non-hydrogen) atoms. The number of esters is 1. The minimum atomic E-state index is -0.456. The third-order valence-corrected chi connectivity index (χ3v) is 5.05. The van der Waals surface area contributed by atoms with Crippen LogP contribution in [0.2, 0.25) is 0 Å². The molecular formula is C13H10BrIN2O3S. The van der Waals surface area contributed by atoms with Crippen molar-refractivity contribution in [1.82, 2.24) is 4.98 Å². The van der Waals surface area contributed by atoms with E-state index in [1.165, 1.54) is 7.11 Å². The Balaban J connectivity index is 2.24. The van der Waals surface area contributed by atoms with E-state index in [-0.39, 0.29) is 5.91 Å². The van der Waals surface area contributed by atoms with Crippen LogP contribution in [0.4, 0.5) is 5.13 Å². The van der Waals surface area contributed by atoms with Gasteiger partial charge in [-0.15, -0.1) is 0 Å². The standard InChI is InChI=1S/C13H10BrIN2O3S/c1-6-10(12(19)20-2)21-13(16-6)17-11(18)8-5-7(14)3-4-9(8)15/h3-5H,1-2H3,(H,16,17,18). The molecule has 0 fully saturated rings. The summed E-state index contributed by atoms with van der Waals surface area (Å²) in [4.78, 5) is 28.3. The van der Waals surface area contributed by atoms with Gasteiger partial charge in [0.05, 0.1) is 18.4 Å². The van der Waals surface area contributed by atoms with Crippen molar-refractivity contribution in [2.24, 2.45) is 0 Å². The molecule has 5 nitrogen and oxygen atoms in total. The first-order valence-corrected chi connectivity index (χ1v) is 8.43. The summed E-state index contributed by atoms with van der Waals surface area (Å²) in [5.41, 5.74) is 1.07. The number of carbonyl (C=O) groups is 2. The van der Waals surface area contributed by atoms with Crippen molar-refractivity contribution in [3.05, 3.63) is 42.4 Å². The second-order valence-electron chi connectivity index (χ2n) is 4.00. The molecule has 2 rings (SSSR count). The summed E-state index contributed by atoms with van der Waals surface area (Å²) in [6, 6.07) is 5.44. The van der Waals surface area contributed by atoms with Crippen LogP contribution in [-0.4, -0.2) is 24.0 Å². The van der Waals surface area contributed by atoms with Crippen molar-refractivity contribution in [3.8, 4) is 0 Å². The molecule has 1 aromatic heterocycles. The van der Waals surface area contributed by atoms with Crippen molar-refractivity contribution in [2.45, 2.75) is 6.92 Å². The van der Waals surface area contributed by atoms with E-state index in [0.717, 1.165) is 19.4 Å². The Morgan fingerprint density at radius 2 is 2.14 bits per heavy atom. The molecule has 0 saturated carbocycles. The maximum Gasteiger partial charge on any atom is 0.350 e. The third kappa shape index (κ3) is 3.80. The summed E-state index contributed by atoms with van der Waals surface area (Å²) in [5.74, 6) is -0.728. The molecule has 8 heteroatoms. The number of methoxy groups -OCH3 is 1. The lowest BCUT2D eigenvalue weighted by Crippen LogP contribution is -2.13. The number of rotatable bonds is 3. The number of thiazole rings is 1. The van der Waals surface area contributed by atoms with Crippen molar-refractivity contribution >= 4 is 66.9 Å². The van der Waals surface area contributed by atoms with Crippen LogP contribution in [0.1, 0.15) is 25.7 Å². The normalized spacial score (nSPS) is 10.3. The molecular weight excluding hydrogens is 471 g/mol. The van der Waals surface area contributed by atoms with Crippen LogP contribution in [0.15, 0.2) is 22.7 Å². The topological polar surface area (TPSA) is 68.3 Å². The lowest BCUT2D eigenvalue weighted by molar-refractivity contribution is 0.0605. The van der Waals surface area contributed by atoms with E-state index < -0.39 is 5.97 Å². The van der Waals surface area contributed by atoms with E-state index in [0.29, 0.717) is 21.3 Å². The van der Waals surface area contributed by atoms with Crippen LogP contribution in [0.25, 0.3) is 0 Å². The molecule has 0 aliphatic carbocycles. The highest BCUT2D eigenvalue weighted by Crippen LogP contribution is 2.25. The van der Waals surface area contributed by atoms with E-state index in [2.05, 4.69) is 53.6 Å². The number of hydrogen-bond donors (Lipinski definition) is 1. The van der Waals surface area contributed by atoms with Crippen LogP contribution in [-0.2, 0) is 4.74 Å². The van der Waals surface area contributed by atoms with Gasteiger partial charge >= 0.3 is 5.97 Å². The monoisotopic (exact) mass is 480 g/mol. The van der Waals surface area contributed by atoms with Gasteiger partial charge in [-0.1, -0.05) is 27.3 Å². The molecule has 0 atom stereocenters. The van der Waals surface area contributed by atoms with Crippen molar-refractivity contribution in [3.63, 3.8) is 0 Å². The Kier molecular flexibility index (Phi) is 5.33. The minimum absolute atomic E-state index is 0.272. The molecule has 1 amide bonds. The molecule has 2 aromatic rings. The molecule has 110 valence electrons. The summed E-state index contributed by atoms with van der Waals surface area (Å²) in [7, 11) is 1.31. The van der Waals surface area contributed by atoms with Crippen LogP contribution in [0, 0.1) is 10.5 Å². The zero-order valence-electron chi connectivity index (χ0n) is 11.1. The van der Waals surface area contributed by atoms with Gasteiger partial charge in [-0.2, -0.15) is 0 Å². The zero-order valence-corrected chi connectivity index (χ0v) is 15.6. The number of nitrogens with zero attached hydrogens (tertiary/aromatic N) is 1. The summed E-state index contributed by atoms with van der Waals surface area (Å²) in [6.45, 7) is 1.70. The molecule has 0 spiro atoms. The smallest absolute Gasteiger partial charge is 0.350 e. The fraction of sp³-hybridized carbons (Fsp3) is 0.154. The van der Waals surface area contributed by atoms with Gasteiger partial charge in [0.15, 0.2) is 5.13 Å². The van der Waals surface area contributed by atoms with Crippen LogP contribution in [0.5, 0.6) is 0 Å². The third-order valence-electron chi connectivity index (χ3n) is 2.56. The largest absolute Gasteiger partial charge is 0.465 e. The predicted octanol–water partition coefficient (Wildman–Crippen LogP) is 3.86. The first-order chi connectivity index (χ1) is 9.92. The number of carbonyl (C=O) groups excluding carboxylic acids is 2. The zero-order chi connectivity index (χ0) is 15.6. The Morgan fingerprint density at radius 3 is 2.81 bits per heavy atom. The van der Waals surface area contributed by atoms with E-state index in [9.17, 15) is 9.59 Å². The average Bonchev–Trinajstić information content (AvgIpc) is 2.81. The summed E-state index contributed by atoms with van der Waals surface area (Å²) in [5, 5.41) is 3.07. The Morgan fingerprint density at radius 1 is 1.43 bits per heavy atom. The molecule has 0 aliphatic heterocycles. The number of halogens is 2. The van der Waals surface area contributed by atoms with E-state index >= 15 is 0 Å². The van der Waals surface area contributed by atoms with Crippen LogP contribution in [0.3, 0.4) is 0 Å². The van der Waals surface area contributed by atoms with E-state index in [1.807, 2.05) is 12.1 Å². The van der Waals surface area contributed by atoms with E-state index in [4.69, 9.17) is 0 Å². The SMILES string of the molecule is COC(=O)c1sc(NC(=O)c2cc(Br)ccc2I)nc1C.